The summed E-state index contributed by atoms with van der Waals surface area (Å²) in [6.07, 6.45) is 1.56. The minimum absolute atomic E-state index is 0.137. The highest BCUT2D eigenvalue weighted by Gasteiger charge is 2.29. The van der Waals surface area contributed by atoms with Crippen molar-refractivity contribution in [1.29, 1.82) is 0 Å². The molecule has 1 saturated heterocycles. The number of likely N-dealkylation sites (N-methyl/N-ethyl adjacent to an activating group) is 1. The van der Waals surface area contributed by atoms with Crippen LogP contribution in [0, 0.1) is 0 Å². The first-order valence-electron chi connectivity index (χ1n) is 11.2. The molecule has 0 bridgehead atoms. The number of hydrogen-bond acceptors (Lipinski definition) is 7. The maximum absolute atomic E-state index is 12.9. The molecule has 2 aliphatic heterocycles. The molecule has 9 nitrogen and oxygen atoms in total. The van der Waals surface area contributed by atoms with Crippen LogP contribution in [0.25, 0.3) is 0 Å². The van der Waals surface area contributed by atoms with Crippen molar-refractivity contribution in [2.75, 3.05) is 67.3 Å². The van der Waals surface area contributed by atoms with E-state index in [1.165, 1.54) is 4.90 Å². The van der Waals surface area contributed by atoms with E-state index in [1.54, 1.807) is 19.3 Å². The summed E-state index contributed by atoms with van der Waals surface area (Å²) in [6.45, 7) is 3.99. The number of hydrogen-bond donors (Lipinski definition) is 1. The van der Waals surface area contributed by atoms with Crippen LogP contribution >= 0.6 is 0 Å². The summed E-state index contributed by atoms with van der Waals surface area (Å²) in [4.78, 5) is 42.7. The van der Waals surface area contributed by atoms with Gasteiger partial charge < -0.3 is 19.6 Å². The van der Waals surface area contributed by atoms with Crippen LogP contribution in [0.4, 0.5) is 28.8 Å². The molecule has 0 radical (unpaired) electrons. The van der Waals surface area contributed by atoms with Crippen molar-refractivity contribution in [3.63, 3.8) is 0 Å². The molecular weight excluding hydrogens is 430 g/mol. The van der Waals surface area contributed by atoms with Gasteiger partial charge in [0.25, 0.3) is 11.8 Å². The van der Waals surface area contributed by atoms with Gasteiger partial charge in [-0.2, -0.15) is 4.98 Å². The first-order chi connectivity index (χ1) is 16.4. The number of carbonyl (C=O) groups excluding carboxylic acids is 2. The van der Waals surface area contributed by atoms with E-state index in [-0.39, 0.29) is 17.8 Å². The second-order valence-electron chi connectivity index (χ2n) is 8.63. The van der Waals surface area contributed by atoms with E-state index in [4.69, 9.17) is 0 Å². The highest BCUT2D eigenvalue weighted by molar-refractivity contribution is 6.13. The molecule has 0 saturated carbocycles. The molecular formula is C25H27N7O2. The van der Waals surface area contributed by atoms with Crippen LogP contribution in [0.1, 0.15) is 20.7 Å². The van der Waals surface area contributed by atoms with Crippen LogP contribution < -0.4 is 20.0 Å². The highest BCUT2D eigenvalue weighted by Crippen LogP contribution is 2.37. The number of nitrogens with one attached hydrogen (secondary N) is 1. The number of aromatic nitrogens is 2. The van der Waals surface area contributed by atoms with Gasteiger partial charge in [-0.3, -0.25) is 14.9 Å². The topological polar surface area (TPSA) is 84.9 Å². The normalized spacial score (nSPS) is 16.1. The molecule has 0 atom stereocenters. The fourth-order valence-corrected chi connectivity index (χ4v) is 4.32. The number of para-hydroxylation sites is 1. The first-order valence-corrected chi connectivity index (χ1v) is 11.2. The number of carbonyl (C=O) groups is 2. The van der Waals surface area contributed by atoms with Crippen molar-refractivity contribution < 1.29 is 9.59 Å². The quantitative estimate of drug-likeness (QED) is 0.647. The van der Waals surface area contributed by atoms with Gasteiger partial charge in [0.15, 0.2) is 5.82 Å². The number of anilines is 5. The van der Waals surface area contributed by atoms with E-state index < -0.39 is 0 Å². The lowest BCUT2D eigenvalue weighted by atomic mass is 10.1. The number of amides is 2. The van der Waals surface area contributed by atoms with E-state index >= 15 is 0 Å². The molecule has 2 amide bonds. The van der Waals surface area contributed by atoms with E-state index in [0.717, 1.165) is 37.6 Å². The second kappa shape index (κ2) is 8.75. The van der Waals surface area contributed by atoms with Crippen molar-refractivity contribution in [1.82, 2.24) is 14.9 Å². The van der Waals surface area contributed by atoms with Crippen LogP contribution in [0.15, 0.2) is 54.7 Å². The van der Waals surface area contributed by atoms with Crippen LogP contribution in [-0.4, -0.2) is 74.0 Å². The van der Waals surface area contributed by atoms with Crippen molar-refractivity contribution in [3.8, 4) is 0 Å². The fourth-order valence-electron chi connectivity index (χ4n) is 4.32. The summed E-state index contributed by atoms with van der Waals surface area (Å²) in [5.41, 5.74) is 3.53. The van der Waals surface area contributed by atoms with Crippen LogP contribution in [-0.2, 0) is 0 Å². The number of benzene rings is 2. The molecule has 1 fully saturated rings. The van der Waals surface area contributed by atoms with Crippen molar-refractivity contribution in [2.24, 2.45) is 0 Å². The van der Waals surface area contributed by atoms with Crippen LogP contribution in [0.2, 0.25) is 0 Å². The summed E-state index contributed by atoms with van der Waals surface area (Å²) >= 11 is 0. The van der Waals surface area contributed by atoms with Gasteiger partial charge >= 0.3 is 0 Å². The van der Waals surface area contributed by atoms with Gasteiger partial charge in [-0.15, -0.1) is 0 Å². The largest absolute Gasteiger partial charge is 0.369 e. The molecule has 3 heterocycles. The fraction of sp³-hybridized carbons (Fsp3) is 0.280. The molecule has 34 heavy (non-hydrogen) atoms. The Morgan fingerprint density at radius 1 is 0.882 bits per heavy atom. The molecule has 0 spiro atoms. The van der Waals surface area contributed by atoms with Gasteiger partial charge in [0.05, 0.1) is 17.4 Å². The monoisotopic (exact) mass is 457 g/mol. The molecule has 5 rings (SSSR count). The van der Waals surface area contributed by atoms with Gasteiger partial charge in [0.2, 0.25) is 5.95 Å². The predicted octanol–water partition coefficient (Wildman–Crippen LogP) is 2.84. The van der Waals surface area contributed by atoms with Gasteiger partial charge in [0, 0.05) is 51.5 Å². The molecule has 174 valence electrons. The molecule has 1 N–H and O–H groups in total. The Hall–Kier alpha value is -3.98. The number of rotatable bonds is 3. The second-order valence-corrected chi connectivity index (χ2v) is 8.63. The van der Waals surface area contributed by atoms with Crippen molar-refractivity contribution in [2.45, 2.75) is 0 Å². The van der Waals surface area contributed by atoms with Gasteiger partial charge in [0.1, 0.15) is 5.69 Å². The van der Waals surface area contributed by atoms with Crippen molar-refractivity contribution in [3.05, 3.63) is 65.9 Å². The van der Waals surface area contributed by atoms with E-state index in [2.05, 4.69) is 32.1 Å². The molecule has 2 aromatic carbocycles. The Morgan fingerprint density at radius 3 is 2.32 bits per heavy atom. The number of nitrogens with zero attached hydrogens (tertiary/aromatic N) is 6. The standard InChI is InChI=1S/C25H27N7O2/c1-29-12-14-32(15-13-29)18-10-8-17(9-11-18)23(33)28-25-26-16-21-22(27-25)30(2)20-7-5-4-6-19(20)24(34)31(21)3/h4-11,16H,12-15H2,1-3H3,(H,26,27,28,33). The SMILES string of the molecule is CN1CCN(c2ccc(C(=O)Nc3ncc4c(n3)N(C)c3ccccc3C(=O)N4C)cc2)CC1. The highest BCUT2D eigenvalue weighted by atomic mass is 16.2. The summed E-state index contributed by atoms with van der Waals surface area (Å²) in [5, 5.41) is 2.79. The Bertz CT molecular complexity index is 1240. The summed E-state index contributed by atoms with van der Waals surface area (Å²) in [7, 11) is 5.67. The minimum atomic E-state index is -0.286. The van der Waals surface area contributed by atoms with Crippen LogP contribution in [0.5, 0.6) is 0 Å². The predicted molar refractivity (Wildman–Crippen MR) is 133 cm³/mol. The lowest BCUT2D eigenvalue weighted by Gasteiger charge is -2.34. The van der Waals surface area contributed by atoms with Crippen molar-refractivity contribution >= 4 is 40.6 Å². The van der Waals surface area contributed by atoms with Crippen LogP contribution in [0.3, 0.4) is 0 Å². The van der Waals surface area contributed by atoms with E-state index in [0.29, 0.717) is 22.6 Å². The zero-order valence-corrected chi connectivity index (χ0v) is 19.5. The molecule has 1 aromatic heterocycles. The number of piperazine rings is 1. The third-order valence-corrected chi connectivity index (χ3v) is 6.45. The maximum atomic E-state index is 12.9. The van der Waals surface area contributed by atoms with E-state index in [1.807, 2.05) is 54.4 Å². The maximum Gasteiger partial charge on any atom is 0.260 e. The van der Waals surface area contributed by atoms with Gasteiger partial charge in [-0.05, 0) is 43.4 Å². The molecule has 2 aliphatic rings. The Balaban J connectivity index is 1.36. The molecule has 0 unspecified atom stereocenters. The average molecular weight is 458 g/mol. The lowest BCUT2D eigenvalue weighted by molar-refractivity contribution is 0.0991. The third-order valence-electron chi connectivity index (χ3n) is 6.45. The Morgan fingerprint density at radius 2 is 1.59 bits per heavy atom. The Labute approximate surface area is 198 Å². The molecule has 9 heteroatoms. The summed E-state index contributed by atoms with van der Waals surface area (Å²) in [5.74, 6) is 0.295. The number of fused-ring (bicyclic) bond motifs is 2. The lowest BCUT2D eigenvalue weighted by Crippen LogP contribution is -2.44. The average Bonchev–Trinajstić information content (AvgIpc) is 2.94. The first kappa shape index (κ1) is 21.8. The minimum Gasteiger partial charge on any atom is -0.369 e. The third kappa shape index (κ3) is 3.94. The molecule has 3 aromatic rings. The zero-order valence-electron chi connectivity index (χ0n) is 19.5. The molecule has 0 aliphatic carbocycles. The summed E-state index contributed by atoms with van der Waals surface area (Å²) < 4.78 is 0. The van der Waals surface area contributed by atoms with Gasteiger partial charge in [-0.1, -0.05) is 12.1 Å². The Kier molecular flexibility index (Phi) is 5.62. The van der Waals surface area contributed by atoms with Gasteiger partial charge in [-0.25, -0.2) is 4.98 Å². The smallest absolute Gasteiger partial charge is 0.260 e. The summed E-state index contributed by atoms with van der Waals surface area (Å²) in [6, 6.07) is 15.0. The zero-order chi connectivity index (χ0) is 23.8. The van der Waals surface area contributed by atoms with E-state index in [9.17, 15) is 9.59 Å².